The van der Waals surface area contributed by atoms with E-state index in [-0.39, 0.29) is 12.5 Å². The van der Waals surface area contributed by atoms with Crippen LogP contribution < -0.4 is 11.1 Å². The standard InChI is InChI=1S/C13H20N2O2S/c1-10-9-11(14)3-4-12(10)15-13(17)5-8-18-7-2-6-16/h3-4,9,16H,2,5-8,14H2,1H3,(H,15,17). The SMILES string of the molecule is Cc1cc(N)ccc1NC(=O)CCSCCCO. The van der Waals surface area contributed by atoms with Crippen LogP contribution in [-0.4, -0.2) is 29.1 Å². The van der Waals surface area contributed by atoms with Crippen molar-refractivity contribution >= 4 is 29.0 Å². The second kappa shape index (κ2) is 8.00. The number of rotatable bonds is 7. The minimum Gasteiger partial charge on any atom is -0.399 e. The van der Waals surface area contributed by atoms with Gasteiger partial charge in [0.2, 0.25) is 5.91 Å². The molecule has 0 fully saturated rings. The topological polar surface area (TPSA) is 75.3 Å². The number of nitrogens with one attached hydrogen (secondary N) is 1. The third-order valence-corrected chi connectivity index (χ3v) is 3.51. The van der Waals surface area contributed by atoms with Crippen LogP contribution in [0.1, 0.15) is 18.4 Å². The van der Waals surface area contributed by atoms with E-state index >= 15 is 0 Å². The number of aliphatic hydroxyl groups excluding tert-OH is 1. The van der Waals surface area contributed by atoms with Crippen LogP contribution in [0.15, 0.2) is 18.2 Å². The van der Waals surface area contributed by atoms with Gasteiger partial charge >= 0.3 is 0 Å². The molecule has 4 N–H and O–H groups in total. The number of nitrogen functional groups attached to an aromatic ring is 1. The zero-order valence-electron chi connectivity index (χ0n) is 10.6. The van der Waals surface area contributed by atoms with Crippen molar-refractivity contribution < 1.29 is 9.90 Å². The van der Waals surface area contributed by atoms with E-state index in [4.69, 9.17) is 10.8 Å². The minimum atomic E-state index is 0.0133. The maximum Gasteiger partial charge on any atom is 0.225 e. The molecule has 1 aromatic rings. The van der Waals surface area contributed by atoms with Crippen molar-refractivity contribution in [1.82, 2.24) is 0 Å². The predicted molar refractivity (Wildman–Crippen MR) is 77.9 cm³/mol. The first kappa shape index (κ1) is 14.9. The van der Waals surface area contributed by atoms with Crippen LogP contribution >= 0.6 is 11.8 Å². The van der Waals surface area contributed by atoms with Gasteiger partial charge in [0, 0.05) is 30.2 Å². The number of aliphatic hydroxyl groups is 1. The number of thioether (sulfide) groups is 1. The molecule has 0 radical (unpaired) electrons. The molecule has 0 heterocycles. The molecule has 0 saturated heterocycles. The Morgan fingerprint density at radius 3 is 2.89 bits per heavy atom. The van der Waals surface area contributed by atoms with E-state index in [1.807, 2.05) is 19.1 Å². The van der Waals surface area contributed by atoms with E-state index in [2.05, 4.69) is 5.32 Å². The van der Waals surface area contributed by atoms with Crippen LogP contribution in [0.4, 0.5) is 11.4 Å². The quantitative estimate of drug-likeness (QED) is 0.522. The van der Waals surface area contributed by atoms with Gasteiger partial charge in [-0.1, -0.05) is 0 Å². The van der Waals surface area contributed by atoms with Gasteiger partial charge in [-0.3, -0.25) is 4.79 Å². The van der Waals surface area contributed by atoms with Crippen LogP contribution in [0.5, 0.6) is 0 Å². The molecule has 0 saturated carbocycles. The predicted octanol–water partition coefficient (Wildman–Crippen LogP) is 2.02. The Morgan fingerprint density at radius 2 is 2.22 bits per heavy atom. The van der Waals surface area contributed by atoms with Crippen molar-refractivity contribution in [3.8, 4) is 0 Å². The molecule has 1 aromatic carbocycles. The maximum absolute atomic E-state index is 11.7. The van der Waals surface area contributed by atoms with Crippen LogP contribution in [0.3, 0.4) is 0 Å². The maximum atomic E-state index is 11.7. The van der Waals surface area contributed by atoms with Gasteiger partial charge in [-0.15, -0.1) is 0 Å². The van der Waals surface area contributed by atoms with Gasteiger partial charge < -0.3 is 16.2 Å². The van der Waals surface area contributed by atoms with E-state index in [0.717, 1.165) is 29.2 Å². The molecule has 0 spiro atoms. The highest BCUT2D eigenvalue weighted by molar-refractivity contribution is 7.99. The van der Waals surface area contributed by atoms with E-state index in [1.165, 1.54) is 0 Å². The number of hydrogen-bond donors (Lipinski definition) is 3. The number of benzene rings is 1. The van der Waals surface area contributed by atoms with Crippen LogP contribution in [-0.2, 0) is 4.79 Å². The van der Waals surface area contributed by atoms with E-state index < -0.39 is 0 Å². The summed E-state index contributed by atoms with van der Waals surface area (Å²) in [6, 6.07) is 5.44. The van der Waals surface area contributed by atoms with Crippen molar-refractivity contribution in [2.24, 2.45) is 0 Å². The lowest BCUT2D eigenvalue weighted by atomic mass is 10.2. The summed E-state index contributed by atoms with van der Waals surface area (Å²) in [6.07, 6.45) is 1.27. The smallest absolute Gasteiger partial charge is 0.225 e. The van der Waals surface area contributed by atoms with Crippen molar-refractivity contribution in [3.05, 3.63) is 23.8 Å². The lowest BCUT2D eigenvalue weighted by Crippen LogP contribution is -2.13. The Bertz CT molecular complexity index is 397. The van der Waals surface area contributed by atoms with Crippen molar-refractivity contribution in [2.45, 2.75) is 19.8 Å². The van der Waals surface area contributed by atoms with E-state index in [9.17, 15) is 4.79 Å². The van der Waals surface area contributed by atoms with Crippen LogP contribution in [0, 0.1) is 6.92 Å². The zero-order chi connectivity index (χ0) is 13.4. The summed E-state index contributed by atoms with van der Waals surface area (Å²) in [5.41, 5.74) is 8.13. The Morgan fingerprint density at radius 1 is 1.44 bits per heavy atom. The summed E-state index contributed by atoms with van der Waals surface area (Å²) >= 11 is 1.68. The molecular formula is C13H20N2O2S. The highest BCUT2D eigenvalue weighted by Gasteiger charge is 2.04. The average molecular weight is 268 g/mol. The first-order valence-electron chi connectivity index (χ1n) is 5.98. The summed E-state index contributed by atoms with van der Waals surface area (Å²) in [5, 5.41) is 11.5. The number of aryl methyl sites for hydroxylation is 1. The lowest BCUT2D eigenvalue weighted by Gasteiger charge is -2.08. The van der Waals surface area contributed by atoms with Gasteiger partial charge in [0.1, 0.15) is 0 Å². The van der Waals surface area contributed by atoms with Gasteiger partial charge in [-0.25, -0.2) is 0 Å². The number of carbonyl (C=O) groups is 1. The Labute approximate surface area is 112 Å². The molecule has 100 valence electrons. The molecule has 0 aliphatic rings. The van der Waals surface area contributed by atoms with E-state index in [1.54, 1.807) is 17.8 Å². The molecule has 18 heavy (non-hydrogen) atoms. The molecule has 0 atom stereocenters. The summed E-state index contributed by atoms with van der Waals surface area (Å²) in [7, 11) is 0. The molecule has 1 rings (SSSR count). The van der Waals surface area contributed by atoms with Gasteiger partial charge in [-0.2, -0.15) is 11.8 Å². The second-order valence-electron chi connectivity index (χ2n) is 4.06. The summed E-state index contributed by atoms with van der Waals surface area (Å²) in [5.74, 6) is 1.68. The van der Waals surface area contributed by atoms with Gasteiger partial charge in [0.25, 0.3) is 0 Å². The average Bonchev–Trinajstić information content (AvgIpc) is 2.32. The van der Waals surface area contributed by atoms with Crippen molar-refractivity contribution in [3.63, 3.8) is 0 Å². The summed E-state index contributed by atoms with van der Waals surface area (Å²) < 4.78 is 0. The van der Waals surface area contributed by atoms with Crippen LogP contribution in [0.25, 0.3) is 0 Å². The van der Waals surface area contributed by atoms with E-state index in [0.29, 0.717) is 12.1 Å². The van der Waals surface area contributed by atoms with Gasteiger partial charge in [0.15, 0.2) is 0 Å². The molecule has 4 nitrogen and oxygen atoms in total. The second-order valence-corrected chi connectivity index (χ2v) is 5.29. The number of hydrogen-bond acceptors (Lipinski definition) is 4. The number of anilines is 2. The van der Waals surface area contributed by atoms with Gasteiger partial charge in [0.05, 0.1) is 0 Å². The number of amides is 1. The fraction of sp³-hybridized carbons (Fsp3) is 0.462. The fourth-order valence-electron chi connectivity index (χ4n) is 1.47. The molecule has 0 aliphatic carbocycles. The first-order chi connectivity index (χ1) is 8.63. The molecule has 0 unspecified atom stereocenters. The highest BCUT2D eigenvalue weighted by Crippen LogP contribution is 2.18. The summed E-state index contributed by atoms with van der Waals surface area (Å²) in [6.45, 7) is 2.13. The highest BCUT2D eigenvalue weighted by atomic mass is 32.2. The first-order valence-corrected chi connectivity index (χ1v) is 7.13. The number of nitrogens with two attached hydrogens (primary N) is 1. The zero-order valence-corrected chi connectivity index (χ0v) is 11.4. The molecule has 0 aliphatic heterocycles. The van der Waals surface area contributed by atoms with Crippen LogP contribution in [0.2, 0.25) is 0 Å². The van der Waals surface area contributed by atoms with Crippen molar-refractivity contribution in [1.29, 1.82) is 0 Å². The molecule has 0 bridgehead atoms. The minimum absolute atomic E-state index is 0.0133. The number of carbonyl (C=O) groups excluding carboxylic acids is 1. The Kier molecular flexibility index (Phi) is 6.60. The fourth-order valence-corrected chi connectivity index (χ4v) is 2.34. The molecule has 1 amide bonds. The third-order valence-electron chi connectivity index (χ3n) is 2.44. The Hall–Kier alpha value is -1.20. The molecular weight excluding hydrogens is 248 g/mol. The lowest BCUT2D eigenvalue weighted by molar-refractivity contribution is -0.115. The summed E-state index contributed by atoms with van der Waals surface area (Å²) in [4.78, 5) is 11.7. The third kappa shape index (κ3) is 5.42. The molecule has 0 aromatic heterocycles. The van der Waals surface area contributed by atoms with Crippen molar-refractivity contribution in [2.75, 3.05) is 29.2 Å². The largest absolute Gasteiger partial charge is 0.399 e. The monoisotopic (exact) mass is 268 g/mol. The van der Waals surface area contributed by atoms with Gasteiger partial charge in [-0.05, 0) is 42.9 Å². The normalized spacial score (nSPS) is 10.3. The Balaban J connectivity index is 2.31. The molecule has 5 heteroatoms.